The van der Waals surface area contributed by atoms with E-state index in [9.17, 15) is 4.79 Å². The van der Waals surface area contributed by atoms with Crippen molar-refractivity contribution < 1.29 is 0 Å². The number of nitrogens with zero attached hydrogens (tertiary/aromatic N) is 3. The van der Waals surface area contributed by atoms with Gasteiger partial charge in [0.25, 0.3) is 5.56 Å². The molecule has 22 heavy (non-hydrogen) atoms. The molecule has 0 atom stereocenters. The third-order valence-corrected chi connectivity index (χ3v) is 4.49. The van der Waals surface area contributed by atoms with Crippen molar-refractivity contribution >= 4 is 33.0 Å². The molecule has 0 N–H and O–H groups in total. The van der Waals surface area contributed by atoms with E-state index in [0.29, 0.717) is 5.52 Å². The summed E-state index contributed by atoms with van der Waals surface area (Å²) in [5, 5.41) is 1.03. The molecule has 0 amide bonds. The minimum atomic E-state index is -0.0205. The van der Waals surface area contributed by atoms with Crippen LogP contribution < -0.4 is 5.56 Å². The Hall–Kier alpha value is -2.75. The lowest BCUT2D eigenvalue weighted by Crippen LogP contribution is -2.25. The molecule has 5 rings (SSSR count). The molecule has 0 fully saturated rings. The third kappa shape index (κ3) is 1.44. The van der Waals surface area contributed by atoms with Crippen LogP contribution in [0.4, 0.5) is 0 Å². The molecule has 4 nitrogen and oxygen atoms in total. The largest absolute Gasteiger partial charge is 0.306 e. The SMILES string of the molecule is O=c1c2nc3ccccc3nc2c2cccc3c2n1CCC3. The predicted octanol–water partition coefficient (Wildman–Crippen LogP) is 3.04. The van der Waals surface area contributed by atoms with Crippen LogP contribution in [0.5, 0.6) is 0 Å². The standard InChI is InChI=1S/C18H13N3O/c22-18-16-15(19-13-8-1-2-9-14(13)20-16)12-7-3-5-11-6-4-10-21(18)17(11)12/h1-3,5,7-9H,4,6,10H2. The summed E-state index contributed by atoms with van der Waals surface area (Å²) >= 11 is 0. The average Bonchev–Trinajstić information content (AvgIpc) is 2.58. The minimum absolute atomic E-state index is 0.0205. The summed E-state index contributed by atoms with van der Waals surface area (Å²) in [5.41, 5.74) is 5.05. The molecule has 106 valence electrons. The summed E-state index contributed by atoms with van der Waals surface area (Å²) in [6.07, 6.45) is 2.02. The van der Waals surface area contributed by atoms with E-state index in [-0.39, 0.29) is 5.56 Å². The maximum Gasteiger partial charge on any atom is 0.279 e. The van der Waals surface area contributed by atoms with Crippen molar-refractivity contribution in [2.75, 3.05) is 0 Å². The van der Waals surface area contributed by atoms with Gasteiger partial charge in [-0.1, -0.05) is 30.3 Å². The van der Waals surface area contributed by atoms with E-state index in [1.807, 2.05) is 41.0 Å². The summed E-state index contributed by atoms with van der Waals surface area (Å²) in [5.74, 6) is 0. The second kappa shape index (κ2) is 4.13. The fourth-order valence-electron chi connectivity index (χ4n) is 3.51. The van der Waals surface area contributed by atoms with Gasteiger partial charge in [-0.15, -0.1) is 0 Å². The van der Waals surface area contributed by atoms with Crippen LogP contribution in [0.2, 0.25) is 0 Å². The van der Waals surface area contributed by atoms with E-state index >= 15 is 0 Å². The topological polar surface area (TPSA) is 47.8 Å². The average molecular weight is 287 g/mol. The van der Waals surface area contributed by atoms with E-state index in [1.165, 1.54) is 5.56 Å². The van der Waals surface area contributed by atoms with Crippen molar-refractivity contribution in [2.24, 2.45) is 0 Å². The highest BCUT2D eigenvalue weighted by atomic mass is 16.1. The molecule has 2 aromatic carbocycles. The molecule has 0 spiro atoms. The monoisotopic (exact) mass is 287 g/mol. The summed E-state index contributed by atoms with van der Waals surface area (Å²) < 4.78 is 1.87. The molecule has 1 aliphatic heterocycles. The molecule has 0 saturated carbocycles. The van der Waals surface area contributed by atoms with Gasteiger partial charge in [0, 0.05) is 11.9 Å². The molecular formula is C18H13N3O. The first kappa shape index (κ1) is 11.9. The van der Waals surface area contributed by atoms with Gasteiger partial charge in [-0.05, 0) is 30.5 Å². The fourth-order valence-corrected chi connectivity index (χ4v) is 3.51. The molecule has 1 aliphatic rings. The van der Waals surface area contributed by atoms with Gasteiger partial charge < -0.3 is 4.57 Å². The number of hydrogen-bond donors (Lipinski definition) is 0. The number of aromatic nitrogens is 3. The van der Waals surface area contributed by atoms with E-state index in [0.717, 1.165) is 46.8 Å². The number of fused-ring (bicyclic) bond motifs is 3. The zero-order valence-corrected chi connectivity index (χ0v) is 11.9. The van der Waals surface area contributed by atoms with Crippen molar-refractivity contribution in [3.8, 4) is 0 Å². The Morgan fingerprint density at radius 1 is 0.909 bits per heavy atom. The number of pyridine rings is 1. The maximum atomic E-state index is 12.9. The number of rotatable bonds is 0. The number of benzene rings is 2. The predicted molar refractivity (Wildman–Crippen MR) is 87.1 cm³/mol. The van der Waals surface area contributed by atoms with Crippen LogP contribution in [-0.2, 0) is 13.0 Å². The Kier molecular flexibility index (Phi) is 2.23. The van der Waals surface area contributed by atoms with Gasteiger partial charge in [0.1, 0.15) is 5.52 Å². The Bertz CT molecular complexity index is 1130. The maximum absolute atomic E-state index is 12.9. The highest BCUT2D eigenvalue weighted by Crippen LogP contribution is 2.28. The van der Waals surface area contributed by atoms with Crippen molar-refractivity contribution in [1.29, 1.82) is 0 Å². The van der Waals surface area contributed by atoms with Crippen molar-refractivity contribution in [3.63, 3.8) is 0 Å². The molecule has 0 unspecified atom stereocenters. The van der Waals surface area contributed by atoms with Crippen LogP contribution in [0.15, 0.2) is 47.3 Å². The van der Waals surface area contributed by atoms with Crippen LogP contribution in [0.1, 0.15) is 12.0 Å². The molecule has 4 aromatic rings. The molecule has 0 radical (unpaired) electrons. The summed E-state index contributed by atoms with van der Waals surface area (Å²) in [6.45, 7) is 0.761. The number of hydrogen-bond acceptors (Lipinski definition) is 3. The number of para-hydroxylation sites is 3. The fraction of sp³-hybridized carbons (Fsp3) is 0.167. The third-order valence-electron chi connectivity index (χ3n) is 4.49. The van der Waals surface area contributed by atoms with E-state index in [1.54, 1.807) is 0 Å². The van der Waals surface area contributed by atoms with Crippen molar-refractivity contribution in [2.45, 2.75) is 19.4 Å². The Morgan fingerprint density at radius 3 is 2.50 bits per heavy atom. The lowest BCUT2D eigenvalue weighted by molar-refractivity contribution is 0.618. The van der Waals surface area contributed by atoms with Gasteiger partial charge in [0.2, 0.25) is 0 Å². The highest BCUT2D eigenvalue weighted by Gasteiger charge is 2.19. The van der Waals surface area contributed by atoms with Crippen molar-refractivity contribution in [3.05, 3.63) is 58.4 Å². The second-order valence-corrected chi connectivity index (χ2v) is 5.78. The molecular weight excluding hydrogens is 274 g/mol. The normalized spacial score (nSPS) is 14.0. The Labute approximate surface area is 126 Å². The summed E-state index contributed by atoms with van der Waals surface area (Å²) in [7, 11) is 0. The highest BCUT2D eigenvalue weighted by molar-refractivity contribution is 6.05. The van der Waals surface area contributed by atoms with Gasteiger partial charge in [-0.2, -0.15) is 0 Å². The van der Waals surface area contributed by atoms with Crippen LogP contribution in [0.3, 0.4) is 0 Å². The van der Waals surface area contributed by atoms with Gasteiger partial charge >= 0.3 is 0 Å². The van der Waals surface area contributed by atoms with Gasteiger partial charge in [0.15, 0.2) is 5.52 Å². The first-order valence-corrected chi connectivity index (χ1v) is 7.54. The van der Waals surface area contributed by atoms with Gasteiger partial charge in [-0.25, -0.2) is 9.97 Å². The van der Waals surface area contributed by atoms with E-state index < -0.39 is 0 Å². The van der Waals surface area contributed by atoms with E-state index in [4.69, 9.17) is 4.98 Å². The second-order valence-electron chi connectivity index (χ2n) is 5.78. The van der Waals surface area contributed by atoms with Crippen LogP contribution in [-0.4, -0.2) is 14.5 Å². The molecule has 0 aliphatic carbocycles. The lowest BCUT2D eigenvalue weighted by atomic mass is 10.0. The zero-order valence-electron chi connectivity index (χ0n) is 11.9. The molecule has 3 heterocycles. The first-order valence-electron chi connectivity index (χ1n) is 7.54. The van der Waals surface area contributed by atoms with Crippen LogP contribution in [0, 0.1) is 0 Å². The Balaban J connectivity index is 2.11. The van der Waals surface area contributed by atoms with Gasteiger partial charge in [0.05, 0.1) is 16.6 Å². The van der Waals surface area contributed by atoms with Gasteiger partial charge in [-0.3, -0.25) is 4.79 Å². The van der Waals surface area contributed by atoms with Crippen molar-refractivity contribution in [1.82, 2.24) is 14.5 Å². The van der Waals surface area contributed by atoms with Crippen LogP contribution >= 0.6 is 0 Å². The molecule has 0 bridgehead atoms. The first-order chi connectivity index (χ1) is 10.8. The smallest absolute Gasteiger partial charge is 0.279 e. The zero-order chi connectivity index (χ0) is 14.7. The van der Waals surface area contributed by atoms with Crippen LogP contribution in [0.25, 0.3) is 33.0 Å². The summed E-state index contributed by atoms with van der Waals surface area (Å²) in [4.78, 5) is 22.2. The molecule has 2 aromatic heterocycles. The quantitative estimate of drug-likeness (QED) is 0.369. The molecule has 0 saturated heterocycles. The molecule has 4 heteroatoms. The minimum Gasteiger partial charge on any atom is -0.306 e. The number of aryl methyl sites for hydroxylation is 2. The Morgan fingerprint density at radius 2 is 1.68 bits per heavy atom. The lowest BCUT2D eigenvalue weighted by Gasteiger charge is -2.20. The summed E-state index contributed by atoms with van der Waals surface area (Å²) in [6, 6.07) is 13.9. The van der Waals surface area contributed by atoms with E-state index in [2.05, 4.69) is 11.1 Å².